The van der Waals surface area contributed by atoms with Gasteiger partial charge in [0, 0.05) is 17.3 Å². The van der Waals surface area contributed by atoms with E-state index in [4.69, 9.17) is 0 Å². The molecular formula is C23H21N3O3. The summed E-state index contributed by atoms with van der Waals surface area (Å²) in [5.41, 5.74) is 1.45. The lowest BCUT2D eigenvalue weighted by atomic mass is 9.75. The molecule has 6 nitrogen and oxygen atoms in total. The van der Waals surface area contributed by atoms with Gasteiger partial charge in [0.2, 0.25) is 17.7 Å². The fourth-order valence-corrected chi connectivity index (χ4v) is 6.14. The number of fused-ring (bicyclic) bond motifs is 7. The van der Waals surface area contributed by atoms with Gasteiger partial charge in [-0.05, 0) is 31.0 Å². The second-order valence-electron chi connectivity index (χ2n) is 8.42. The quantitative estimate of drug-likeness (QED) is 0.802. The highest BCUT2D eigenvalue weighted by molar-refractivity contribution is 6.15. The third-order valence-electron chi connectivity index (χ3n) is 7.17. The number of nitrogens with one attached hydrogen (secondary N) is 1. The fraction of sp³-hybridized carbons (Fsp3) is 0.348. The molecule has 1 spiro atoms. The summed E-state index contributed by atoms with van der Waals surface area (Å²) in [6.07, 6.45) is 1.78. The molecule has 3 saturated heterocycles. The lowest BCUT2D eigenvalue weighted by molar-refractivity contribution is -0.146. The number of rotatable bonds is 2. The van der Waals surface area contributed by atoms with Gasteiger partial charge in [-0.3, -0.25) is 24.2 Å². The minimum atomic E-state index is -1.07. The van der Waals surface area contributed by atoms with E-state index in [-0.39, 0.29) is 30.3 Å². The number of hydrogen-bond acceptors (Lipinski definition) is 4. The summed E-state index contributed by atoms with van der Waals surface area (Å²) in [5, 5.41) is 2.99. The Bertz CT molecular complexity index is 1050. The summed E-state index contributed by atoms with van der Waals surface area (Å²) in [6.45, 7) is 0.996. The summed E-state index contributed by atoms with van der Waals surface area (Å²) >= 11 is 0. The van der Waals surface area contributed by atoms with E-state index >= 15 is 0 Å². The molecule has 0 aliphatic carbocycles. The summed E-state index contributed by atoms with van der Waals surface area (Å²) in [4.78, 5) is 44.1. The Morgan fingerprint density at radius 2 is 1.72 bits per heavy atom. The van der Waals surface area contributed by atoms with Crippen molar-refractivity contribution in [2.24, 2.45) is 11.8 Å². The number of likely N-dealkylation sites (tertiary alicyclic amines) is 1. The number of para-hydroxylation sites is 1. The molecule has 6 rings (SSSR count). The van der Waals surface area contributed by atoms with Gasteiger partial charge in [0.1, 0.15) is 5.54 Å². The van der Waals surface area contributed by atoms with Gasteiger partial charge in [0.15, 0.2) is 0 Å². The first kappa shape index (κ1) is 16.9. The monoisotopic (exact) mass is 387 g/mol. The zero-order valence-electron chi connectivity index (χ0n) is 15.9. The van der Waals surface area contributed by atoms with Gasteiger partial charge in [-0.1, -0.05) is 48.5 Å². The van der Waals surface area contributed by atoms with Crippen molar-refractivity contribution in [1.29, 1.82) is 0 Å². The van der Waals surface area contributed by atoms with Crippen LogP contribution < -0.4 is 5.32 Å². The molecule has 3 amide bonds. The van der Waals surface area contributed by atoms with Crippen LogP contribution in [0.3, 0.4) is 0 Å². The van der Waals surface area contributed by atoms with E-state index in [1.807, 2.05) is 54.6 Å². The average Bonchev–Trinajstić information content (AvgIpc) is 3.44. The molecule has 1 N–H and O–H groups in total. The van der Waals surface area contributed by atoms with Crippen LogP contribution in [0, 0.1) is 11.8 Å². The lowest BCUT2D eigenvalue weighted by Gasteiger charge is -2.36. The van der Waals surface area contributed by atoms with Gasteiger partial charge in [-0.2, -0.15) is 0 Å². The van der Waals surface area contributed by atoms with Gasteiger partial charge in [0.05, 0.1) is 18.4 Å². The Morgan fingerprint density at radius 1 is 0.966 bits per heavy atom. The highest BCUT2D eigenvalue weighted by Crippen LogP contribution is 2.60. The fourth-order valence-electron chi connectivity index (χ4n) is 6.14. The molecule has 0 saturated carbocycles. The maximum Gasteiger partial charge on any atom is 0.250 e. The van der Waals surface area contributed by atoms with E-state index in [0.717, 1.165) is 36.2 Å². The van der Waals surface area contributed by atoms with Crippen LogP contribution in [0.4, 0.5) is 5.69 Å². The number of anilines is 1. The molecule has 0 unspecified atom stereocenters. The maximum atomic E-state index is 13.6. The Hall–Kier alpha value is -2.99. The molecule has 146 valence electrons. The second-order valence-corrected chi connectivity index (χ2v) is 8.42. The van der Waals surface area contributed by atoms with Crippen LogP contribution >= 0.6 is 0 Å². The van der Waals surface area contributed by atoms with Crippen molar-refractivity contribution >= 4 is 23.4 Å². The first-order chi connectivity index (χ1) is 14.1. The first-order valence-electron chi connectivity index (χ1n) is 10.2. The summed E-state index contributed by atoms with van der Waals surface area (Å²) in [7, 11) is 0. The number of amides is 3. The summed E-state index contributed by atoms with van der Waals surface area (Å²) < 4.78 is 0. The molecule has 2 aromatic rings. The van der Waals surface area contributed by atoms with E-state index in [1.54, 1.807) is 0 Å². The minimum absolute atomic E-state index is 0.0610. The van der Waals surface area contributed by atoms with Crippen LogP contribution in [0.1, 0.15) is 24.0 Å². The standard InChI is InChI=1S/C23H21N3O3/c27-20-18-17-11-6-12-26(17)23(15-9-4-5-10-16(15)24-22(23)29)19(18)21(28)25(20)13-14-7-2-1-3-8-14/h1-5,7-10,17-19H,6,11-13H2,(H,24,29)/t17-,18+,19+,23-/m1/s1. The Labute approximate surface area is 168 Å². The molecule has 3 fully saturated rings. The molecule has 6 heteroatoms. The topological polar surface area (TPSA) is 69.7 Å². The van der Waals surface area contributed by atoms with Crippen molar-refractivity contribution < 1.29 is 14.4 Å². The van der Waals surface area contributed by atoms with Crippen molar-refractivity contribution in [1.82, 2.24) is 9.80 Å². The highest BCUT2D eigenvalue weighted by atomic mass is 16.2. The van der Waals surface area contributed by atoms with Crippen molar-refractivity contribution in [3.05, 3.63) is 65.7 Å². The SMILES string of the molecule is O=C1[C@H]2[C@H]3CCCN3[C@@]3(C(=O)Nc4ccccc43)[C@@H]2C(=O)N1Cc1ccccc1. The molecule has 0 radical (unpaired) electrons. The Balaban J connectivity index is 1.49. The molecule has 4 aliphatic rings. The largest absolute Gasteiger partial charge is 0.324 e. The third-order valence-corrected chi connectivity index (χ3v) is 7.17. The number of nitrogens with zero attached hydrogens (tertiary/aromatic N) is 2. The van der Waals surface area contributed by atoms with E-state index in [0.29, 0.717) is 0 Å². The normalized spacial score (nSPS) is 32.6. The molecule has 4 aliphatic heterocycles. The van der Waals surface area contributed by atoms with E-state index < -0.39 is 17.4 Å². The predicted octanol–water partition coefficient (Wildman–Crippen LogP) is 2.11. The lowest BCUT2D eigenvalue weighted by Crippen LogP contribution is -2.54. The van der Waals surface area contributed by atoms with Crippen LogP contribution in [0.25, 0.3) is 0 Å². The van der Waals surface area contributed by atoms with Gasteiger partial charge >= 0.3 is 0 Å². The number of carbonyl (C=O) groups excluding carboxylic acids is 3. The summed E-state index contributed by atoms with van der Waals surface area (Å²) in [6, 6.07) is 17.1. The van der Waals surface area contributed by atoms with E-state index in [9.17, 15) is 14.4 Å². The summed E-state index contributed by atoms with van der Waals surface area (Å²) in [5.74, 6) is -1.63. The molecule has 2 aromatic carbocycles. The number of imide groups is 1. The highest BCUT2D eigenvalue weighted by Gasteiger charge is 2.74. The zero-order chi connectivity index (χ0) is 19.8. The van der Waals surface area contributed by atoms with Gasteiger partial charge in [-0.25, -0.2) is 0 Å². The van der Waals surface area contributed by atoms with Crippen molar-refractivity contribution in [2.45, 2.75) is 31.0 Å². The first-order valence-corrected chi connectivity index (χ1v) is 10.2. The number of benzene rings is 2. The van der Waals surface area contributed by atoms with Gasteiger partial charge in [-0.15, -0.1) is 0 Å². The maximum absolute atomic E-state index is 13.6. The molecule has 0 bridgehead atoms. The van der Waals surface area contributed by atoms with Crippen LogP contribution in [-0.4, -0.2) is 40.1 Å². The van der Waals surface area contributed by atoms with Crippen molar-refractivity contribution in [3.8, 4) is 0 Å². The molecule has 4 heterocycles. The second kappa shape index (κ2) is 5.76. The van der Waals surface area contributed by atoms with Crippen LogP contribution in [0.15, 0.2) is 54.6 Å². The molecule has 0 aromatic heterocycles. The molecular weight excluding hydrogens is 366 g/mol. The Kier molecular flexibility index (Phi) is 3.36. The third kappa shape index (κ3) is 1.97. The van der Waals surface area contributed by atoms with Crippen molar-refractivity contribution in [2.75, 3.05) is 11.9 Å². The molecule has 29 heavy (non-hydrogen) atoms. The smallest absolute Gasteiger partial charge is 0.250 e. The van der Waals surface area contributed by atoms with Crippen molar-refractivity contribution in [3.63, 3.8) is 0 Å². The Morgan fingerprint density at radius 3 is 2.55 bits per heavy atom. The average molecular weight is 387 g/mol. The number of hydrogen-bond donors (Lipinski definition) is 1. The predicted molar refractivity (Wildman–Crippen MR) is 105 cm³/mol. The van der Waals surface area contributed by atoms with Crippen LogP contribution in [0.5, 0.6) is 0 Å². The zero-order valence-corrected chi connectivity index (χ0v) is 15.9. The van der Waals surface area contributed by atoms with E-state index in [2.05, 4.69) is 10.2 Å². The van der Waals surface area contributed by atoms with Crippen LogP contribution in [-0.2, 0) is 26.5 Å². The number of carbonyl (C=O) groups is 3. The minimum Gasteiger partial charge on any atom is -0.324 e. The van der Waals surface area contributed by atoms with Gasteiger partial charge < -0.3 is 5.32 Å². The van der Waals surface area contributed by atoms with Crippen LogP contribution in [0.2, 0.25) is 0 Å². The van der Waals surface area contributed by atoms with Gasteiger partial charge in [0.25, 0.3) is 0 Å². The molecule has 4 atom stereocenters. The van der Waals surface area contributed by atoms with E-state index in [1.165, 1.54) is 4.90 Å².